The Morgan fingerprint density at radius 1 is 0.164 bits per heavy atom. The molecular formula is C12F27O18S9Sb. The molecule has 2 radical (unpaired) electrons. The fourth-order valence-electron chi connectivity index (χ4n) is 2.15. The molecule has 0 aromatic carbocycles. The van der Waals surface area contributed by atoms with Crippen molar-refractivity contribution in [2.45, 2.75) is 49.6 Å². The second-order valence-electron chi connectivity index (χ2n) is 9.29. The second-order valence-corrected chi connectivity index (χ2v) is 28.5. The molecule has 67 heavy (non-hydrogen) atoms. The van der Waals surface area contributed by atoms with E-state index in [1.54, 1.807) is 0 Å². The zero-order valence-corrected chi connectivity index (χ0v) is 37.6. The van der Waals surface area contributed by atoms with Crippen LogP contribution in [0.4, 0.5) is 119 Å². The number of hydrogen-bond donors (Lipinski definition) is 0. The van der Waals surface area contributed by atoms with Crippen molar-refractivity contribution < 1.29 is 194 Å². The van der Waals surface area contributed by atoms with Crippen molar-refractivity contribution >= 4 is 113 Å². The summed E-state index contributed by atoms with van der Waals surface area (Å²) in [6, 6.07) is 0. The maximum Gasteiger partial charge on any atom is 3.00 e. The Labute approximate surface area is 366 Å². The second kappa shape index (κ2) is 19.5. The smallest absolute Gasteiger partial charge is 0.251 e. The molecule has 0 saturated carbocycles. The van der Waals surface area contributed by atoms with E-state index in [2.05, 4.69) is 0 Å². The minimum atomic E-state index is -8.02. The first-order valence-corrected chi connectivity index (χ1v) is 25.1. The van der Waals surface area contributed by atoms with Crippen molar-refractivity contribution in [1.82, 2.24) is 0 Å². The number of alkyl halides is 27. The number of sulfone groups is 9. The zero-order valence-electron chi connectivity index (χ0n) is 27.7. The summed E-state index contributed by atoms with van der Waals surface area (Å²) in [5, 5.41) is 0. The largest absolute Gasteiger partial charge is 3.00 e. The quantitative estimate of drug-likeness (QED) is 0.182. The van der Waals surface area contributed by atoms with Crippen molar-refractivity contribution in [1.29, 1.82) is 0 Å². The van der Waals surface area contributed by atoms with Gasteiger partial charge in [0.15, 0.2) is 88.5 Å². The van der Waals surface area contributed by atoms with Gasteiger partial charge in [0, 0.05) is 0 Å². The first kappa shape index (κ1) is 72.0. The minimum absolute atomic E-state index is 0. The Morgan fingerprint density at radius 2 is 0.209 bits per heavy atom. The topological polar surface area (TPSA) is 307 Å². The van der Waals surface area contributed by atoms with Crippen LogP contribution in [0.15, 0.2) is 0 Å². The molecule has 0 spiro atoms. The zero-order chi connectivity index (χ0) is 55.7. The van der Waals surface area contributed by atoms with E-state index in [-0.39, 0.29) is 24.4 Å². The van der Waals surface area contributed by atoms with Gasteiger partial charge in [0.1, 0.15) is 0 Å². The van der Waals surface area contributed by atoms with Crippen LogP contribution >= 0.6 is 0 Å². The molecule has 0 fully saturated rings. The summed E-state index contributed by atoms with van der Waals surface area (Å²) in [5.41, 5.74) is -63.5. The van der Waals surface area contributed by atoms with Crippen LogP contribution in [0.2, 0.25) is 0 Å². The van der Waals surface area contributed by atoms with E-state index in [1.807, 2.05) is 0 Å². The van der Waals surface area contributed by atoms with Gasteiger partial charge in [-0.3, -0.25) is 75.8 Å². The summed E-state index contributed by atoms with van der Waals surface area (Å²) in [6.45, 7) is 0. The Hall–Kier alpha value is -1.52. The van der Waals surface area contributed by atoms with Gasteiger partial charge in [0.2, 0.25) is 0 Å². The predicted octanol–water partition coefficient (Wildman–Crippen LogP) is 3.33. The van der Waals surface area contributed by atoms with Gasteiger partial charge in [-0.05, 0) is 0 Å². The minimum Gasteiger partial charge on any atom is -0.251 e. The van der Waals surface area contributed by atoms with Crippen LogP contribution in [-0.4, -0.2) is 150 Å². The van der Waals surface area contributed by atoms with Crippen molar-refractivity contribution in [2.75, 3.05) is 0 Å². The Morgan fingerprint density at radius 3 is 0.239 bits per heavy atom. The molecule has 0 aromatic heterocycles. The third-order valence-corrected chi connectivity index (χ3v) is 26.0. The van der Waals surface area contributed by atoms with Crippen molar-refractivity contribution in [2.24, 2.45) is 0 Å². The Bertz CT molecular complexity index is 2210. The molecule has 404 valence electrons. The van der Waals surface area contributed by atoms with Gasteiger partial charge in [-0.2, -0.15) is 119 Å². The van der Waals surface area contributed by atoms with E-state index >= 15 is 0 Å². The molecular weight excluding hydrogens is 1360 g/mol. The number of rotatable bonds is 9. The molecule has 0 bridgehead atoms. The van der Waals surface area contributed by atoms with E-state index in [0.29, 0.717) is 0 Å². The normalized spacial score (nSPS) is 15.9. The van der Waals surface area contributed by atoms with Gasteiger partial charge < -0.3 is 0 Å². The SMILES string of the molecule is O=S(=O)([C-](S(=O)(=O)C(F)(F)F)S(=O)(=O)C(F)(F)F)C(F)(F)F.O=S(=O)([C-](S(=O)(=O)C(F)(F)F)S(=O)(=O)C(F)(F)F)C(F)(F)F.O=S(=O)([C-](S(=O)(=O)C(F)(F)F)S(=O)(=O)C(F)(F)F)C(F)(F)F.[Sb+3]. The summed E-state index contributed by atoms with van der Waals surface area (Å²) in [4.78, 5) is 0. The fourth-order valence-corrected chi connectivity index (χ4v) is 19.4. The van der Waals surface area contributed by atoms with Gasteiger partial charge >= 0.3 is 74.0 Å². The molecule has 18 nitrogen and oxygen atoms in total. The van der Waals surface area contributed by atoms with Gasteiger partial charge in [-0.25, -0.2) is 0 Å². The van der Waals surface area contributed by atoms with E-state index < -0.39 is 150 Å². The van der Waals surface area contributed by atoms with Crippen molar-refractivity contribution in [3.63, 3.8) is 0 Å². The molecule has 0 aliphatic heterocycles. The fraction of sp³-hybridized carbons (Fsp3) is 0.750. The first-order chi connectivity index (χ1) is 27.3. The van der Waals surface area contributed by atoms with Crippen LogP contribution in [0, 0.1) is 11.7 Å². The monoisotopic (exact) mass is 1350 g/mol. The van der Waals surface area contributed by atoms with E-state index in [0.717, 1.165) is 0 Å². The maximum atomic E-state index is 12.0. The van der Waals surface area contributed by atoms with Crippen LogP contribution in [0.1, 0.15) is 0 Å². The molecule has 0 N–H and O–H groups in total. The van der Waals surface area contributed by atoms with Crippen LogP contribution in [0.25, 0.3) is 0 Å². The molecule has 0 amide bonds. The van der Waals surface area contributed by atoms with Gasteiger partial charge in [-0.15, -0.1) is 0 Å². The summed E-state index contributed by atoms with van der Waals surface area (Å²) >= 11 is 0. The standard InChI is InChI=1S/3C4F9O6S3.Sb/c3*5-2(6,7)20(14,15)1(21(16,17)3(8,9)10)22(18,19)4(11,12)13;/q3*-1;+3. The van der Waals surface area contributed by atoms with Crippen LogP contribution in [0.5, 0.6) is 0 Å². The average molecular weight is 1360 g/mol. The van der Waals surface area contributed by atoms with Crippen molar-refractivity contribution in [3.05, 3.63) is 11.7 Å². The van der Waals surface area contributed by atoms with E-state index in [1.165, 1.54) is 0 Å². The van der Waals surface area contributed by atoms with Gasteiger partial charge in [-0.1, -0.05) is 0 Å². The average Bonchev–Trinajstić information content (AvgIpc) is 2.91. The predicted molar refractivity (Wildman–Crippen MR) is 150 cm³/mol. The Kier molecular flexibility index (Phi) is 20.9. The summed E-state index contributed by atoms with van der Waals surface area (Å²) < 4.78 is 502. The van der Waals surface area contributed by atoms with Crippen LogP contribution in [0.3, 0.4) is 0 Å². The molecule has 0 heterocycles. The molecule has 0 aliphatic carbocycles. The molecule has 0 unspecified atom stereocenters. The summed E-state index contributed by atoms with van der Waals surface area (Å²) in [5.74, 6) is 0. The van der Waals surface area contributed by atoms with Crippen molar-refractivity contribution in [3.8, 4) is 0 Å². The van der Waals surface area contributed by atoms with E-state index in [4.69, 9.17) is 0 Å². The maximum absolute atomic E-state index is 12.0. The van der Waals surface area contributed by atoms with E-state index in [9.17, 15) is 194 Å². The third-order valence-electron chi connectivity index (χ3n) is 4.72. The molecule has 0 saturated heterocycles. The molecule has 0 aromatic rings. The molecule has 0 rings (SSSR count). The third kappa shape index (κ3) is 14.1. The number of hydrogen-bond acceptors (Lipinski definition) is 18. The number of halogens is 27. The summed E-state index contributed by atoms with van der Waals surface area (Å²) in [7, 11) is -72.2. The van der Waals surface area contributed by atoms with Gasteiger partial charge in [0.05, 0.1) is 11.7 Å². The van der Waals surface area contributed by atoms with Crippen LogP contribution in [-0.2, 0) is 88.5 Å². The summed E-state index contributed by atoms with van der Waals surface area (Å²) in [6.07, 6.45) is 0. The van der Waals surface area contributed by atoms with Gasteiger partial charge in [0.25, 0.3) is 0 Å². The molecule has 55 heteroatoms. The molecule has 0 atom stereocenters. The van der Waals surface area contributed by atoms with Crippen LogP contribution < -0.4 is 0 Å². The first-order valence-electron chi connectivity index (χ1n) is 11.8. The molecule has 0 aliphatic rings. The Balaban J connectivity index is -0.000000441.